The molecule has 0 saturated heterocycles. The topological polar surface area (TPSA) is 112 Å². The fourth-order valence-electron chi connectivity index (χ4n) is 5.99. The number of hydrogen-bond donors (Lipinski definition) is 1. The van der Waals surface area contributed by atoms with Crippen molar-refractivity contribution in [3.05, 3.63) is 62.4 Å². The molecule has 182 valence electrons. The smallest absolute Gasteiger partial charge is 0.231 e. The molecule has 0 bridgehead atoms. The molecule has 1 aromatic carbocycles. The van der Waals surface area contributed by atoms with Gasteiger partial charge in [0, 0.05) is 22.6 Å². The highest BCUT2D eigenvalue weighted by Crippen LogP contribution is 2.53. The molecule has 8 heteroatoms. The summed E-state index contributed by atoms with van der Waals surface area (Å²) in [6.45, 7) is 4.29. The number of thiophene rings is 1. The Hall–Kier alpha value is -3.75. The van der Waals surface area contributed by atoms with E-state index in [1.807, 2.05) is 23.1 Å². The molecule has 2 aliphatic carbocycles. The summed E-state index contributed by atoms with van der Waals surface area (Å²) >= 11 is 1.58. The standard InChI is InChI=1S/C28H26N4O3S/c1-28(2)10-19-25(20(33)11-28)24(15-7-8-21-22(9-15)35-14-34-21)18(13-30)26(31)32(19)27-17(12-29)16-5-3-4-6-23(16)36-27/h7-9,24H,3-6,10-11,14,31H2,1-2H3/t24-/m1/s1. The second-order valence-corrected chi connectivity index (χ2v) is 11.7. The number of nitrogens with two attached hydrogens (primary N) is 1. The van der Waals surface area contributed by atoms with Crippen LogP contribution in [-0.4, -0.2) is 12.6 Å². The van der Waals surface area contributed by atoms with Gasteiger partial charge in [0.25, 0.3) is 0 Å². The van der Waals surface area contributed by atoms with Crippen molar-refractivity contribution in [2.75, 3.05) is 11.7 Å². The summed E-state index contributed by atoms with van der Waals surface area (Å²) in [6, 6.07) is 10.3. The van der Waals surface area contributed by atoms with Crippen LogP contribution >= 0.6 is 11.3 Å². The zero-order valence-electron chi connectivity index (χ0n) is 20.3. The largest absolute Gasteiger partial charge is 0.454 e. The van der Waals surface area contributed by atoms with Gasteiger partial charge in [-0.05, 0) is 60.8 Å². The molecule has 0 amide bonds. The van der Waals surface area contributed by atoms with E-state index >= 15 is 0 Å². The van der Waals surface area contributed by atoms with Crippen molar-refractivity contribution in [3.63, 3.8) is 0 Å². The molecule has 4 aliphatic rings. The van der Waals surface area contributed by atoms with Crippen molar-refractivity contribution in [1.82, 2.24) is 0 Å². The van der Waals surface area contributed by atoms with Crippen LogP contribution in [0.5, 0.6) is 11.5 Å². The van der Waals surface area contributed by atoms with Crippen LogP contribution in [0.4, 0.5) is 5.00 Å². The highest BCUT2D eigenvalue weighted by atomic mass is 32.1. The normalized spacial score (nSPS) is 22.2. The van der Waals surface area contributed by atoms with Crippen molar-refractivity contribution < 1.29 is 14.3 Å². The molecule has 0 spiro atoms. The monoisotopic (exact) mass is 498 g/mol. The Labute approximate surface area is 214 Å². The summed E-state index contributed by atoms with van der Waals surface area (Å²) in [5.74, 6) is 0.932. The molecule has 1 aromatic heterocycles. The molecule has 2 aliphatic heterocycles. The first-order valence-corrected chi connectivity index (χ1v) is 13.0. The zero-order chi connectivity index (χ0) is 25.2. The predicted octanol–water partition coefficient (Wildman–Crippen LogP) is 5.17. The van der Waals surface area contributed by atoms with Crippen LogP contribution in [0.25, 0.3) is 0 Å². The van der Waals surface area contributed by atoms with E-state index in [4.69, 9.17) is 15.2 Å². The first-order valence-electron chi connectivity index (χ1n) is 12.2. The van der Waals surface area contributed by atoms with Crippen molar-refractivity contribution in [1.29, 1.82) is 10.5 Å². The Morgan fingerprint density at radius 1 is 1.11 bits per heavy atom. The van der Waals surface area contributed by atoms with Crippen LogP contribution in [0, 0.1) is 28.1 Å². The number of benzene rings is 1. The number of hydrogen-bond acceptors (Lipinski definition) is 8. The van der Waals surface area contributed by atoms with Gasteiger partial charge >= 0.3 is 0 Å². The molecule has 1 atom stereocenters. The lowest BCUT2D eigenvalue weighted by Gasteiger charge is -2.43. The molecule has 0 fully saturated rings. The van der Waals surface area contributed by atoms with Gasteiger partial charge in [0.05, 0.1) is 23.1 Å². The molecule has 2 N–H and O–H groups in total. The summed E-state index contributed by atoms with van der Waals surface area (Å²) in [7, 11) is 0. The maximum Gasteiger partial charge on any atom is 0.231 e. The van der Waals surface area contributed by atoms with Gasteiger partial charge in [-0.25, -0.2) is 0 Å². The minimum atomic E-state index is -0.598. The number of carbonyl (C=O) groups is 1. The number of carbonyl (C=O) groups excluding carboxylic acids is 1. The number of Topliss-reactive ketones (excluding diaryl/α,β-unsaturated/α-hetero) is 1. The minimum Gasteiger partial charge on any atom is -0.454 e. The van der Waals surface area contributed by atoms with E-state index in [0.717, 1.165) is 47.5 Å². The fraction of sp³-hybridized carbons (Fsp3) is 0.393. The van der Waals surface area contributed by atoms with Crippen LogP contribution in [0.2, 0.25) is 0 Å². The molecule has 2 aromatic rings. The molecular weight excluding hydrogens is 472 g/mol. The second-order valence-electron chi connectivity index (χ2n) is 10.6. The predicted molar refractivity (Wildman–Crippen MR) is 135 cm³/mol. The Balaban J connectivity index is 1.60. The second kappa shape index (κ2) is 8.15. The average molecular weight is 499 g/mol. The summed E-state index contributed by atoms with van der Waals surface area (Å²) in [5, 5.41) is 21.3. The number of nitriles is 2. The van der Waals surface area contributed by atoms with Crippen LogP contribution in [0.3, 0.4) is 0 Å². The third kappa shape index (κ3) is 3.32. The van der Waals surface area contributed by atoms with Gasteiger partial charge in [0.2, 0.25) is 6.79 Å². The molecule has 0 unspecified atom stereocenters. The molecule has 0 radical (unpaired) electrons. The molecule has 7 nitrogen and oxygen atoms in total. The van der Waals surface area contributed by atoms with Gasteiger partial charge in [0.1, 0.15) is 16.9 Å². The Morgan fingerprint density at radius 3 is 2.67 bits per heavy atom. The lowest BCUT2D eigenvalue weighted by Crippen LogP contribution is -2.42. The lowest BCUT2D eigenvalue weighted by atomic mass is 9.68. The number of ketones is 1. The van der Waals surface area contributed by atoms with Gasteiger partial charge in [0.15, 0.2) is 17.3 Å². The van der Waals surface area contributed by atoms with E-state index in [9.17, 15) is 15.3 Å². The summed E-state index contributed by atoms with van der Waals surface area (Å²) in [4.78, 5) is 16.8. The molecule has 3 heterocycles. The molecule has 0 saturated carbocycles. The van der Waals surface area contributed by atoms with Gasteiger partial charge in [-0.3, -0.25) is 9.69 Å². The van der Waals surface area contributed by atoms with E-state index in [-0.39, 0.29) is 18.0 Å². The Bertz CT molecular complexity index is 1470. The van der Waals surface area contributed by atoms with Crippen LogP contribution in [0.1, 0.15) is 67.0 Å². The van der Waals surface area contributed by atoms with Crippen molar-refractivity contribution in [2.45, 2.75) is 58.3 Å². The molecule has 36 heavy (non-hydrogen) atoms. The van der Waals surface area contributed by atoms with Crippen LogP contribution in [0.15, 0.2) is 40.9 Å². The van der Waals surface area contributed by atoms with Gasteiger partial charge in [-0.15, -0.1) is 11.3 Å². The number of allylic oxidation sites excluding steroid dienone is 3. The highest BCUT2D eigenvalue weighted by Gasteiger charge is 2.46. The van der Waals surface area contributed by atoms with E-state index in [0.29, 0.717) is 46.9 Å². The SMILES string of the molecule is CC1(C)CC(=O)C2=C(C1)N(c1sc3c(c1C#N)CCCC3)C(N)=C(C#N)[C@H]2c1ccc2c(c1)OCO2. The number of nitrogens with zero attached hydrogens (tertiary/aromatic N) is 3. The quantitative estimate of drug-likeness (QED) is 0.608. The number of ether oxygens (including phenoxy) is 2. The first kappa shape index (κ1) is 22.7. The van der Waals surface area contributed by atoms with E-state index in [1.54, 1.807) is 11.3 Å². The van der Waals surface area contributed by atoms with Gasteiger partial charge < -0.3 is 15.2 Å². The first-order chi connectivity index (χ1) is 17.3. The van der Waals surface area contributed by atoms with E-state index in [2.05, 4.69) is 26.0 Å². The van der Waals surface area contributed by atoms with Crippen LogP contribution in [-0.2, 0) is 17.6 Å². The summed E-state index contributed by atoms with van der Waals surface area (Å²) < 4.78 is 11.1. The van der Waals surface area contributed by atoms with Crippen molar-refractivity contribution >= 4 is 22.1 Å². The molecular formula is C28H26N4O3S. The van der Waals surface area contributed by atoms with E-state index in [1.165, 1.54) is 4.88 Å². The lowest BCUT2D eigenvalue weighted by molar-refractivity contribution is -0.118. The summed E-state index contributed by atoms with van der Waals surface area (Å²) in [6.07, 6.45) is 4.95. The third-order valence-electron chi connectivity index (χ3n) is 7.58. The number of aryl methyl sites for hydroxylation is 1. The summed E-state index contributed by atoms with van der Waals surface area (Å²) in [5.41, 5.74) is 10.7. The van der Waals surface area contributed by atoms with Gasteiger partial charge in [-0.2, -0.15) is 10.5 Å². The Morgan fingerprint density at radius 2 is 1.89 bits per heavy atom. The number of rotatable bonds is 2. The number of fused-ring (bicyclic) bond motifs is 2. The van der Waals surface area contributed by atoms with Crippen LogP contribution < -0.4 is 20.1 Å². The zero-order valence-corrected chi connectivity index (χ0v) is 21.1. The van der Waals surface area contributed by atoms with Gasteiger partial charge in [-0.1, -0.05) is 19.9 Å². The molecule has 6 rings (SSSR count). The average Bonchev–Trinajstić information content (AvgIpc) is 3.46. The fourth-order valence-corrected chi connectivity index (χ4v) is 7.37. The van der Waals surface area contributed by atoms with Crippen molar-refractivity contribution in [3.8, 4) is 23.6 Å². The minimum absolute atomic E-state index is 0.00833. The maximum atomic E-state index is 13.8. The number of anilines is 1. The maximum absolute atomic E-state index is 13.8. The highest BCUT2D eigenvalue weighted by molar-refractivity contribution is 7.16. The third-order valence-corrected chi connectivity index (χ3v) is 8.86. The van der Waals surface area contributed by atoms with E-state index < -0.39 is 5.92 Å². The Kier molecular flexibility index (Phi) is 5.14. The van der Waals surface area contributed by atoms with Crippen molar-refractivity contribution in [2.24, 2.45) is 11.1 Å².